The molecule has 2 aromatic carbocycles. The molecule has 0 spiro atoms. The van der Waals surface area contributed by atoms with E-state index in [2.05, 4.69) is 50.9 Å². The van der Waals surface area contributed by atoms with E-state index >= 15 is 0 Å². The average Bonchev–Trinajstić information content (AvgIpc) is 3.08. The monoisotopic (exact) mass is 420 g/mol. The van der Waals surface area contributed by atoms with Crippen LogP contribution in [0.1, 0.15) is 29.1 Å². The van der Waals surface area contributed by atoms with E-state index in [1.165, 1.54) is 28.4 Å². The Balaban J connectivity index is 1.47. The number of hydrogen-bond acceptors (Lipinski definition) is 7. The lowest BCUT2D eigenvalue weighted by Crippen LogP contribution is -2.15. The molecule has 2 N–H and O–H groups in total. The summed E-state index contributed by atoms with van der Waals surface area (Å²) in [5.41, 5.74) is 1.96. The number of benzene rings is 2. The molecule has 0 fully saturated rings. The minimum absolute atomic E-state index is 0.161. The van der Waals surface area contributed by atoms with E-state index < -0.39 is 0 Å². The van der Waals surface area contributed by atoms with E-state index in [9.17, 15) is 4.79 Å². The zero-order valence-corrected chi connectivity index (χ0v) is 18.0. The molecule has 4 aromatic rings. The Morgan fingerprint density at radius 2 is 1.83 bits per heavy atom. The van der Waals surface area contributed by atoms with Gasteiger partial charge in [0.1, 0.15) is 21.9 Å². The Hall–Kier alpha value is -3.19. The molecule has 0 aliphatic heterocycles. The third-order valence-electron chi connectivity index (χ3n) is 4.78. The molecule has 2 heterocycles. The van der Waals surface area contributed by atoms with Crippen molar-refractivity contribution < 1.29 is 9.53 Å². The van der Waals surface area contributed by atoms with Crippen LogP contribution in [0.15, 0.2) is 48.8 Å². The number of hydrogen-bond donors (Lipinski definition) is 2. The fourth-order valence-electron chi connectivity index (χ4n) is 3.43. The molecular formula is C23H24N4O2S. The number of aryl methyl sites for hydroxylation is 1. The third-order valence-corrected chi connectivity index (χ3v) is 5.96. The van der Waals surface area contributed by atoms with Gasteiger partial charge in [-0.2, -0.15) is 0 Å². The summed E-state index contributed by atoms with van der Waals surface area (Å²) in [7, 11) is 0. The minimum atomic E-state index is -0.311. The Morgan fingerprint density at radius 3 is 2.67 bits per heavy atom. The van der Waals surface area contributed by atoms with Crippen molar-refractivity contribution in [2.75, 3.05) is 23.7 Å². The van der Waals surface area contributed by atoms with Crippen molar-refractivity contribution >= 4 is 49.8 Å². The van der Waals surface area contributed by atoms with Crippen molar-refractivity contribution in [3.05, 3.63) is 59.2 Å². The number of anilines is 2. The summed E-state index contributed by atoms with van der Waals surface area (Å²) in [5, 5.41) is 10.2. The van der Waals surface area contributed by atoms with Crippen molar-refractivity contribution in [2.45, 2.75) is 26.9 Å². The number of fused-ring (bicyclic) bond motifs is 2. The molecule has 0 aliphatic carbocycles. The second kappa shape index (κ2) is 8.67. The summed E-state index contributed by atoms with van der Waals surface area (Å²) in [5.74, 6) is 0.422. The van der Waals surface area contributed by atoms with E-state index in [-0.39, 0.29) is 12.1 Å². The Labute approximate surface area is 179 Å². The average molecular weight is 421 g/mol. The van der Waals surface area contributed by atoms with Crippen LogP contribution in [0.2, 0.25) is 0 Å². The molecule has 154 valence electrons. The van der Waals surface area contributed by atoms with Gasteiger partial charge in [0.2, 0.25) is 0 Å². The topological polar surface area (TPSA) is 76.1 Å². The molecule has 0 aliphatic rings. The Morgan fingerprint density at radius 1 is 1.07 bits per heavy atom. The van der Waals surface area contributed by atoms with Crippen molar-refractivity contribution in [2.24, 2.45) is 0 Å². The molecular weight excluding hydrogens is 396 g/mol. The SMILES string of the molecule is Cc1c(C(=O)OC(C)C)sc2ncnc(NCCNc3cccc4ccccc34)c12. The number of nitrogens with zero attached hydrogens (tertiary/aromatic N) is 2. The molecule has 0 radical (unpaired) electrons. The van der Waals surface area contributed by atoms with Crippen LogP contribution >= 0.6 is 11.3 Å². The standard InChI is InChI=1S/C23H24N4O2S/c1-14(2)29-23(28)20-15(3)19-21(26-13-27-22(19)30-20)25-12-11-24-18-10-6-8-16-7-4-5-9-17(16)18/h4-10,13-14,24H,11-12H2,1-3H3,(H,25,26,27). The highest BCUT2D eigenvalue weighted by molar-refractivity contribution is 7.20. The first-order valence-corrected chi connectivity index (χ1v) is 10.8. The maximum atomic E-state index is 12.4. The second-order valence-corrected chi connectivity index (χ2v) is 8.29. The fourth-order valence-corrected chi connectivity index (χ4v) is 4.46. The quantitative estimate of drug-likeness (QED) is 0.314. The van der Waals surface area contributed by atoms with E-state index in [0.717, 1.165) is 33.8 Å². The van der Waals surface area contributed by atoms with Crippen molar-refractivity contribution in [1.82, 2.24) is 9.97 Å². The molecule has 0 amide bonds. The number of esters is 1. The molecule has 0 saturated heterocycles. The van der Waals surface area contributed by atoms with Crippen LogP contribution in [0.4, 0.5) is 11.5 Å². The summed E-state index contributed by atoms with van der Waals surface area (Å²) in [6.07, 6.45) is 1.36. The van der Waals surface area contributed by atoms with E-state index in [1.807, 2.05) is 32.9 Å². The first kappa shape index (κ1) is 20.1. The normalized spacial score (nSPS) is 11.2. The zero-order valence-electron chi connectivity index (χ0n) is 17.2. The smallest absolute Gasteiger partial charge is 0.348 e. The maximum Gasteiger partial charge on any atom is 0.348 e. The Bertz CT molecular complexity index is 1200. The van der Waals surface area contributed by atoms with Crippen molar-refractivity contribution in [3.8, 4) is 0 Å². The molecule has 7 heteroatoms. The van der Waals surface area contributed by atoms with Crippen molar-refractivity contribution in [1.29, 1.82) is 0 Å². The molecule has 4 rings (SSSR count). The lowest BCUT2D eigenvalue weighted by molar-refractivity contribution is 0.0383. The minimum Gasteiger partial charge on any atom is -0.459 e. The van der Waals surface area contributed by atoms with Gasteiger partial charge >= 0.3 is 5.97 Å². The maximum absolute atomic E-state index is 12.4. The van der Waals surface area contributed by atoms with Crippen LogP contribution in [0.25, 0.3) is 21.0 Å². The van der Waals surface area contributed by atoms with Crippen LogP contribution in [0.5, 0.6) is 0 Å². The van der Waals surface area contributed by atoms with Gasteiger partial charge in [-0.05, 0) is 37.8 Å². The number of thiophene rings is 1. The first-order chi connectivity index (χ1) is 14.5. The molecule has 0 saturated carbocycles. The van der Waals surface area contributed by atoms with Gasteiger partial charge in [0.05, 0.1) is 11.5 Å². The van der Waals surface area contributed by atoms with Gasteiger partial charge in [-0.3, -0.25) is 0 Å². The number of carbonyl (C=O) groups is 1. The van der Waals surface area contributed by atoms with Gasteiger partial charge in [-0.1, -0.05) is 36.4 Å². The van der Waals surface area contributed by atoms with Gasteiger partial charge in [0.15, 0.2) is 0 Å². The third kappa shape index (κ3) is 4.07. The number of nitrogens with one attached hydrogen (secondary N) is 2. The van der Waals surface area contributed by atoms with E-state index in [0.29, 0.717) is 11.4 Å². The van der Waals surface area contributed by atoms with Gasteiger partial charge in [-0.15, -0.1) is 11.3 Å². The molecule has 0 unspecified atom stereocenters. The fraction of sp³-hybridized carbons (Fsp3) is 0.261. The summed E-state index contributed by atoms with van der Waals surface area (Å²) in [4.78, 5) is 22.5. The highest BCUT2D eigenvalue weighted by Crippen LogP contribution is 2.33. The summed E-state index contributed by atoms with van der Waals surface area (Å²) < 4.78 is 5.36. The summed E-state index contributed by atoms with van der Waals surface area (Å²) >= 11 is 1.34. The highest BCUT2D eigenvalue weighted by Gasteiger charge is 2.21. The van der Waals surface area contributed by atoms with Gasteiger partial charge < -0.3 is 15.4 Å². The Kier molecular flexibility index (Phi) is 5.81. The predicted molar refractivity (Wildman–Crippen MR) is 124 cm³/mol. The molecule has 0 bridgehead atoms. The second-order valence-electron chi connectivity index (χ2n) is 7.29. The number of ether oxygens (including phenoxy) is 1. The van der Waals surface area contributed by atoms with E-state index in [4.69, 9.17) is 4.74 Å². The molecule has 30 heavy (non-hydrogen) atoms. The lowest BCUT2D eigenvalue weighted by Gasteiger charge is -2.11. The van der Waals surface area contributed by atoms with Gasteiger partial charge in [-0.25, -0.2) is 14.8 Å². The van der Waals surface area contributed by atoms with Crippen LogP contribution in [0.3, 0.4) is 0 Å². The predicted octanol–water partition coefficient (Wildman–Crippen LogP) is 5.24. The van der Waals surface area contributed by atoms with Crippen LogP contribution in [-0.2, 0) is 4.74 Å². The highest BCUT2D eigenvalue weighted by atomic mass is 32.1. The van der Waals surface area contributed by atoms with Crippen LogP contribution in [-0.4, -0.2) is 35.1 Å². The molecule has 6 nitrogen and oxygen atoms in total. The zero-order chi connectivity index (χ0) is 21.1. The van der Waals surface area contributed by atoms with Crippen molar-refractivity contribution in [3.63, 3.8) is 0 Å². The largest absolute Gasteiger partial charge is 0.459 e. The molecule has 0 atom stereocenters. The summed E-state index contributed by atoms with van der Waals surface area (Å²) in [6.45, 7) is 7.01. The molecule has 2 aromatic heterocycles. The van der Waals surface area contributed by atoms with Crippen LogP contribution in [0, 0.1) is 6.92 Å². The first-order valence-electron chi connectivity index (χ1n) is 9.95. The summed E-state index contributed by atoms with van der Waals surface area (Å²) in [6, 6.07) is 14.6. The number of rotatable bonds is 7. The number of carbonyl (C=O) groups excluding carboxylic acids is 1. The van der Waals surface area contributed by atoms with Crippen LogP contribution < -0.4 is 10.6 Å². The van der Waals surface area contributed by atoms with Gasteiger partial charge in [0.25, 0.3) is 0 Å². The lowest BCUT2D eigenvalue weighted by atomic mass is 10.1. The number of aromatic nitrogens is 2. The van der Waals surface area contributed by atoms with Gasteiger partial charge in [0, 0.05) is 24.2 Å². The van der Waals surface area contributed by atoms with E-state index in [1.54, 1.807) is 0 Å².